The van der Waals surface area contributed by atoms with Crippen molar-refractivity contribution in [2.75, 3.05) is 0 Å². The molecule has 0 spiro atoms. The van der Waals surface area contributed by atoms with Crippen LogP contribution in [0, 0.1) is 11.6 Å². The Balaban J connectivity index is 2.41. The van der Waals surface area contributed by atoms with Gasteiger partial charge in [0.15, 0.2) is 0 Å². The van der Waals surface area contributed by atoms with Crippen LogP contribution in [0.4, 0.5) is 8.78 Å². The average molecular weight is 241 g/mol. The van der Waals surface area contributed by atoms with E-state index in [0.717, 1.165) is 18.2 Å². The van der Waals surface area contributed by atoms with Gasteiger partial charge in [-0.1, -0.05) is 0 Å². The van der Waals surface area contributed by atoms with Gasteiger partial charge in [-0.2, -0.15) is 0 Å². The molecule has 0 bridgehead atoms. The van der Waals surface area contributed by atoms with E-state index in [2.05, 4.69) is 5.32 Å². The van der Waals surface area contributed by atoms with Gasteiger partial charge in [0.25, 0.3) is 0 Å². The first kappa shape index (κ1) is 11.5. The third kappa shape index (κ3) is 2.11. The first-order valence-corrected chi connectivity index (χ1v) is 4.96. The summed E-state index contributed by atoms with van der Waals surface area (Å²) in [5.41, 5.74) is -0.0873. The van der Waals surface area contributed by atoms with Gasteiger partial charge in [-0.3, -0.25) is 4.79 Å². The van der Waals surface area contributed by atoms with Crippen LogP contribution in [0.15, 0.2) is 18.2 Å². The minimum absolute atomic E-state index is 0.0873. The maximum atomic E-state index is 13.5. The number of hydrogen-bond acceptors (Lipinski definition) is 2. The summed E-state index contributed by atoms with van der Waals surface area (Å²) >= 11 is 0. The van der Waals surface area contributed by atoms with Gasteiger partial charge in [-0.05, 0) is 23.8 Å². The topological polar surface area (TPSA) is 66.4 Å². The Kier molecular flexibility index (Phi) is 2.79. The number of rotatable bonds is 2. The van der Waals surface area contributed by atoms with Gasteiger partial charge < -0.3 is 10.4 Å². The lowest BCUT2D eigenvalue weighted by atomic mass is 9.91. The number of amides is 1. The van der Waals surface area contributed by atoms with Crippen LogP contribution in [0.3, 0.4) is 0 Å². The number of carboxylic acids is 1. The Hall–Kier alpha value is -1.98. The molecule has 1 fully saturated rings. The molecule has 4 nitrogen and oxygen atoms in total. The van der Waals surface area contributed by atoms with Crippen molar-refractivity contribution in [1.82, 2.24) is 5.32 Å². The lowest BCUT2D eigenvalue weighted by Crippen LogP contribution is -2.36. The molecular weight excluding hydrogens is 232 g/mol. The van der Waals surface area contributed by atoms with E-state index >= 15 is 0 Å². The summed E-state index contributed by atoms with van der Waals surface area (Å²) < 4.78 is 26.5. The van der Waals surface area contributed by atoms with Crippen molar-refractivity contribution >= 4 is 11.9 Å². The molecule has 0 radical (unpaired) electrons. The van der Waals surface area contributed by atoms with E-state index in [-0.39, 0.29) is 12.0 Å². The van der Waals surface area contributed by atoms with Gasteiger partial charge in [0.05, 0.1) is 0 Å². The van der Waals surface area contributed by atoms with Crippen LogP contribution in [0.2, 0.25) is 0 Å². The van der Waals surface area contributed by atoms with E-state index < -0.39 is 35.5 Å². The number of carbonyl (C=O) groups is 2. The predicted molar refractivity (Wildman–Crippen MR) is 53.3 cm³/mol. The Morgan fingerprint density at radius 3 is 2.76 bits per heavy atom. The van der Waals surface area contributed by atoms with Crippen molar-refractivity contribution in [1.29, 1.82) is 0 Å². The van der Waals surface area contributed by atoms with Crippen molar-refractivity contribution in [2.24, 2.45) is 0 Å². The summed E-state index contributed by atoms with van der Waals surface area (Å²) in [7, 11) is 0. The molecule has 0 aromatic heterocycles. The Bertz CT molecular complexity index is 490. The molecule has 1 saturated heterocycles. The number of carbonyl (C=O) groups excluding carboxylic acids is 1. The fourth-order valence-electron chi connectivity index (χ4n) is 1.97. The second-order valence-corrected chi connectivity index (χ2v) is 3.86. The zero-order valence-electron chi connectivity index (χ0n) is 8.61. The van der Waals surface area contributed by atoms with Crippen LogP contribution < -0.4 is 5.32 Å². The fourth-order valence-corrected chi connectivity index (χ4v) is 1.97. The normalized spacial score (nSPS) is 23.5. The van der Waals surface area contributed by atoms with Crippen LogP contribution in [0.5, 0.6) is 0 Å². The molecule has 1 amide bonds. The highest BCUT2D eigenvalue weighted by Crippen LogP contribution is 2.30. The average Bonchev–Trinajstić information content (AvgIpc) is 2.64. The molecule has 2 unspecified atom stereocenters. The Morgan fingerprint density at radius 2 is 2.12 bits per heavy atom. The number of hydrogen-bond donors (Lipinski definition) is 2. The summed E-state index contributed by atoms with van der Waals surface area (Å²) in [4.78, 5) is 22.0. The van der Waals surface area contributed by atoms with Gasteiger partial charge in [-0.25, -0.2) is 13.6 Å². The molecule has 6 heteroatoms. The molecule has 0 saturated carbocycles. The van der Waals surface area contributed by atoms with Crippen molar-refractivity contribution in [3.8, 4) is 0 Å². The molecule has 1 aromatic carbocycles. The number of carboxylic acid groups (broad SMARTS) is 1. The highest BCUT2D eigenvalue weighted by atomic mass is 19.1. The summed E-state index contributed by atoms with van der Waals surface area (Å²) in [5, 5.41) is 11.1. The molecule has 0 aliphatic carbocycles. The second kappa shape index (κ2) is 4.12. The number of aliphatic carboxylic acids is 1. The molecule has 1 heterocycles. The molecular formula is C11H9F2NO3. The van der Waals surface area contributed by atoms with E-state index in [4.69, 9.17) is 5.11 Å². The molecule has 1 aliphatic heterocycles. The van der Waals surface area contributed by atoms with E-state index in [1.54, 1.807) is 0 Å². The quantitative estimate of drug-likeness (QED) is 0.812. The van der Waals surface area contributed by atoms with Gasteiger partial charge in [0.2, 0.25) is 5.91 Å². The highest BCUT2D eigenvalue weighted by molar-refractivity contribution is 5.89. The van der Waals surface area contributed by atoms with Gasteiger partial charge in [-0.15, -0.1) is 0 Å². The molecule has 2 atom stereocenters. The second-order valence-electron chi connectivity index (χ2n) is 3.86. The smallest absolute Gasteiger partial charge is 0.326 e. The zero-order chi connectivity index (χ0) is 12.6. The standard InChI is InChI=1S/C11H9F2NO3/c12-5-1-2-8(13)6(3-5)7-4-9(15)14-10(7)11(16)17/h1-3,7,10H,4H2,(H,14,15)(H,16,17). The zero-order valence-corrected chi connectivity index (χ0v) is 8.61. The van der Waals surface area contributed by atoms with Crippen molar-refractivity contribution in [2.45, 2.75) is 18.4 Å². The highest BCUT2D eigenvalue weighted by Gasteiger charge is 2.39. The number of nitrogens with one attached hydrogen (secondary N) is 1. The molecule has 2 N–H and O–H groups in total. The minimum atomic E-state index is -1.26. The van der Waals surface area contributed by atoms with E-state index in [1.165, 1.54) is 0 Å². The summed E-state index contributed by atoms with van der Waals surface area (Å²) in [6.45, 7) is 0. The summed E-state index contributed by atoms with van der Waals surface area (Å²) in [6, 6.07) is 1.58. The van der Waals surface area contributed by atoms with E-state index in [0.29, 0.717) is 0 Å². The molecule has 17 heavy (non-hydrogen) atoms. The van der Waals surface area contributed by atoms with Gasteiger partial charge in [0.1, 0.15) is 17.7 Å². The number of benzene rings is 1. The summed E-state index contributed by atoms with van der Waals surface area (Å²) in [6.07, 6.45) is -0.155. The van der Waals surface area contributed by atoms with Gasteiger partial charge >= 0.3 is 5.97 Å². The first-order chi connectivity index (χ1) is 7.99. The fraction of sp³-hybridized carbons (Fsp3) is 0.273. The molecule has 2 rings (SSSR count). The Morgan fingerprint density at radius 1 is 1.41 bits per heavy atom. The first-order valence-electron chi connectivity index (χ1n) is 4.96. The lowest BCUT2D eigenvalue weighted by Gasteiger charge is -2.15. The van der Waals surface area contributed by atoms with Crippen molar-refractivity contribution in [3.63, 3.8) is 0 Å². The number of halogens is 2. The lowest BCUT2D eigenvalue weighted by molar-refractivity contribution is -0.140. The van der Waals surface area contributed by atoms with Crippen molar-refractivity contribution < 1.29 is 23.5 Å². The summed E-state index contributed by atoms with van der Waals surface area (Å²) in [5.74, 6) is -3.99. The maximum Gasteiger partial charge on any atom is 0.326 e. The van der Waals surface area contributed by atoms with E-state index in [1.807, 2.05) is 0 Å². The Labute approximate surface area is 95.2 Å². The predicted octanol–water partition coefficient (Wildman–Crippen LogP) is 1.02. The SMILES string of the molecule is O=C1CC(c2cc(F)ccc2F)C(C(=O)O)N1. The van der Waals surface area contributed by atoms with Crippen LogP contribution in [0.1, 0.15) is 17.9 Å². The molecule has 1 aliphatic rings. The van der Waals surface area contributed by atoms with Crippen LogP contribution in [0.25, 0.3) is 0 Å². The van der Waals surface area contributed by atoms with Crippen LogP contribution in [-0.4, -0.2) is 23.0 Å². The van der Waals surface area contributed by atoms with Gasteiger partial charge in [0, 0.05) is 12.3 Å². The third-order valence-corrected chi connectivity index (χ3v) is 2.75. The van der Waals surface area contributed by atoms with Crippen LogP contribution in [-0.2, 0) is 9.59 Å². The monoisotopic (exact) mass is 241 g/mol. The van der Waals surface area contributed by atoms with Crippen LogP contribution >= 0.6 is 0 Å². The van der Waals surface area contributed by atoms with E-state index in [9.17, 15) is 18.4 Å². The third-order valence-electron chi connectivity index (χ3n) is 2.75. The minimum Gasteiger partial charge on any atom is -0.480 e. The maximum absolute atomic E-state index is 13.5. The molecule has 90 valence electrons. The van der Waals surface area contributed by atoms with Crippen molar-refractivity contribution in [3.05, 3.63) is 35.4 Å². The molecule has 1 aromatic rings. The largest absolute Gasteiger partial charge is 0.480 e.